The van der Waals surface area contributed by atoms with Crippen LogP contribution >= 0.6 is 11.8 Å². The van der Waals surface area contributed by atoms with Gasteiger partial charge in [0.1, 0.15) is 0 Å². The average molecular weight is 240 g/mol. The first-order valence-electron chi connectivity index (χ1n) is 6.86. The lowest BCUT2D eigenvalue weighted by molar-refractivity contribution is 0.536. The van der Waals surface area contributed by atoms with Crippen molar-refractivity contribution in [1.29, 1.82) is 0 Å². The van der Waals surface area contributed by atoms with E-state index in [1.165, 1.54) is 56.5 Å². The van der Waals surface area contributed by atoms with E-state index in [0.29, 0.717) is 6.04 Å². The third-order valence-corrected chi connectivity index (χ3v) is 4.70. The van der Waals surface area contributed by atoms with E-state index in [9.17, 15) is 0 Å². The van der Waals surface area contributed by atoms with Crippen molar-refractivity contribution >= 4 is 16.9 Å². The number of thioether (sulfide) groups is 1. The quantitative estimate of drug-likeness (QED) is 0.763. The summed E-state index contributed by atoms with van der Waals surface area (Å²) in [4.78, 5) is 4.63. The normalized spacial score (nSPS) is 27.6. The average Bonchev–Trinajstić information content (AvgIpc) is 2.56. The van der Waals surface area contributed by atoms with Crippen LogP contribution in [0.1, 0.15) is 58.3 Å². The van der Waals surface area contributed by atoms with Crippen LogP contribution < -0.4 is 5.32 Å². The van der Waals surface area contributed by atoms with Crippen LogP contribution in [0.5, 0.6) is 0 Å². The van der Waals surface area contributed by atoms with E-state index < -0.39 is 0 Å². The van der Waals surface area contributed by atoms with Gasteiger partial charge in [-0.05, 0) is 19.3 Å². The molecule has 0 spiro atoms. The predicted octanol–water partition coefficient (Wildman–Crippen LogP) is 3.57. The highest BCUT2D eigenvalue weighted by molar-refractivity contribution is 8.14. The molecule has 3 heteroatoms. The lowest BCUT2D eigenvalue weighted by Gasteiger charge is -2.17. The van der Waals surface area contributed by atoms with Gasteiger partial charge in [0.25, 0.3) is 0 Å². The summed E-state index contributed by atoms with van der Waals surface area (Å²) in [6.07, 6.45) is 10.9. The Hall–Kier alpha value is -0.180. The highest BCUT2D eigenvalue weighted by atomic mass is 32.2. The molecule has 0 aromatic carbocycles. The van der Waals surface area contributed by atoms with Gasteiger partial charge in [0.15, 0.2) is 5.17 Å². The predicted molar refractivity (Wildman–Crippen MR) is 73.2 cm³/mol. The Labute approximate surface area is 104 Å². The van der Waals surface area contributed by atoms with Crippen LogP contribution in [0.4, 0.5) is 0 Å². The Morgan fingerprint density at radius 3 is 2.69 bits per heavy atom. The lowest BCUT2D eigenvalue weighted by atomic mass is 10.1. The number of hydrogen-bond acceptors (Lipinski definition) is 3. The van der Waals surface area contributed by atoms with Gasteiger partial charge in [-0.25, -0.2) is 0 Å². The fourth-order valence-electron chi connectivity index (χ4n) is 2.57. The number of amidine groups is 1. The molecule has 1 atom stereocenters. The molecule has 1 aliphatic carbocycles. The second-order valence-electron chi connectivity index (χ2n) is 5.01. The number of aliphatic imine (C=N–C) groups is 1. The molecule has 2 rings (SSSR count). The molecule has 0 radical (unpaired) electrons. The van der Waals surface area contributed by atoms with E-state index in [1.54, 1.807) is 0 Å². The van der Waals surface area contributed by atoms with E-state index in [-0.39, 0.29) is 0 Å². The molecule has 1 saturated carbocycles. The SMILES string of the molecule is CCCC1CN=C(NC2CCCCCC2)S1. The number of nitrogens with one attached hydrogen (secondary N) is 1. The van der Waals surface area contributed by atoms with Crippen LogP contribution in [0, 0.1) is 0 Å². The number of hydrogen-bond donors (Lipinski definition) is 1. The molecule has 0 aromatic rings. The summed E-state index contributed by atoms with van der Waals surface area (Å²) in [5.41, 5.74) is 0. The summed E-state index contributed by atoms with van der Waals surface area (Å²) in [7, 11) is 0. The Morgan fingerprint density at radius 2 is 2.00 bits per heavy atom. The fourth-order valence-corrected chi connectivity index (χ4v) is 3.77. The minimum atomic E-state index is 0.703. The molecular formula is C13H24N2S. The van der Waals surface area contributed by atoms with E-state index in [0.717, 1.165) is 11.8 Å². The standard InChI is InChI=1S/C13H24N2S/c1-2-7-12-10-14-13(16-12)15-11-8-5-3-4-6-9-11/h11-12H,2-10H2,1H3,(H,14,15). The molecule has 1 aliphatic heterocycles. The summed E-state index contributed by atoms with van der Waals surface area (Å²) < 4.78 is 0. The number of nitrogens with zero attached hydrogens (tertiary/aromatic N) is 1. The molecule has 92 valence electrons. The molecule has 16 heavy (non-hydrogen) atoms. The van der Waals surface area contributed by atoms with Crippen LogP contribution in [0.25, 0.3) is 0 Å². The minimum absolute atomic E-state index is 0.703. The Bertz CT molecular complexity index is 232. The van der Waals surface area contributed by atoms with Crippen LogP contribution in [0.3, 0.4) is 0 Å². The van der Waals surface area contributed by atoms with Crippen LogP contribution in [0.15, 0.2) is 4.99 Å². The van der Waals surface area contributed by atoms with Crippen molar-refractivity contribution in [3.63, 3.8) is 0 Å². The molecular weight excluding hydrogens is 216 g/mol. The Balaban J connectivity index is 1.73. The number of rotatable bonds is 3. The smallest absolute Gasteiger partial charge is 0.157 e. The fraction of sp³-hybridized carbons (Fsp3) is 0.923. The van der Waals surface area contributed by atoms with Gasteiger partial charge in [0.2, 0.25) is 0 Å². The molecule has 2 nitrogen and oxygen atoms in total. The van der Waals surface area contributed by atoms with Crippen molar-refractivity contribution < 1.29 is 0 Å². The molecule has 0 amide bonds. The van der Waals surface area contributed by atoms with E-state index in [1.807, 2.05) is 11.8 Å². The van der Waals surface area contributed by atoms with Gasteiger partial charge in [-0.1, -0.05) is 50.8 Å². The topological polar surface area (TPSA) is 24.4 Å². The minimum Gasteiger partial charge on any atom is -0.362 e. The van der Waals surface area contributed by atoms with Crippen molar-refractivity contribution in [1.82, 2.24) is 5.32 Å². The highest BCUT2D eigenvalue weighted by Crippen LogP contribution is 2.25. The van der Waals surface area contributed by atoms with Crippen LogP contribution in [-0.4, -0.2) is 23.0 Å². The zero-order valence-corrected chi connectivity index (χ0v) is 11.2. The lowest BCUT2D eigenvalue weighted by Crippen LogP contribution is -2.32. The maximum absolute atomic E-state index is 4.63. The van der Waals surface area contributed by atoms with E-state index in [4.69, 9.17) is 0 Å². The summed E-state index contributed by atoms with van der Waals surface area (Å²) >= 11 is 1.97. The van der Waals surface area contributed by atoms with E-state index >= 15 is 0 Å². The first-order chi connectivity index (χ1) is 7.88. The van der Waals surface area contributed by atoms with Crippen molar-refractivity contribution in [3.05, 3.63) is 0 Å². The van der Waals surface area contributed by atoms with Gasteiger partial charge in [-0.2, -0.15) is 0 Å². The zero-order chi connectivity index (χ0) is 11.2. The largest absolute Gasteiger partial charge is 0.362 e. The molecule has 1 N–H and O–H groups in total. The summed E-state index contributed by atoms with van der Waals surface area (Å²) in [5, 5.41) is 5.63. The highest BCUT2D eigenvalue weighted by Gasteiger charge is 2.21. The molecule has 0 bridgehead atoms. The van der Waals surface area contributed by atoms with Crippen molar-refractivity contribution in [2.75, 3.05) is 6.54 Å². The molecule has 1 heterocycles. The molecule has 1 fully saturated rings. The van der Waals surface area contributed by atoms with Gasteiger partial charge in [-0.3, -0.25) is 4.99 Å². The monoisotopic (exact) mass is 240 g/mol. The van der Waals surface area contributed by atoms with Gasteiger partial charge >= 0.3 is 0 Å². The molecule has 0 aromatic heterocycles. The Morgan fingerprint density at radius 1 is 1.25 bits per heavy atom. The van der Waals surface area contributed by atoms with Crippen molar-refractivity contribution in [3.8, 4) is 0 Å². The van der Waals surface area contributed by atoms with Gasteiger partial charge < -0.3 is 5.32 Å². The van der Waals surface area contributed by atoms with Gasteiger partial charge in [0.05, 0.1) is 6.54 Å². The Kier molecular flexibility index (Phi) is 5.01. The maximum Gasteiger partial charge on any atom is 0.157 e. The van der Waals surface area contributed by atoms with Crippen LogP contribution in [0.2, 0.25) is 0 Å². The van der Waals surface area contributed by atoms with E-state index in [2.05, 4.69) is 17.2 Å². The first kappa shape index (κ1) is 12.3. The van der Waals surface area contributed by atoms with Gasteiger partial charge in [0, 0.05) is 11.3 Å². The summed E-state index contributed by atoms with van der Waals surface area (Å²) in [5.74, 6) is 0. The second-order valence-corrected chi connectivity index (χ2v) is 6.30. The zero-order valence-electron chi connectivity index (χ0n) is 10.4. The summed E-state index contributed by atoms with van der Waals surface area (Å²) in [6.45, 7) is 3.30. The van der Waals surface area contributed by atoms with Gasteiger partial charge in [-0.15, -0.1) is 0 Å². The molecule has 2 aliphatic rings. The third-order valence-electron chi connectivity index (χ3n) is 3.51. The first-order valence-corrected chi connectivity index (χ1v) is 7.74. The maximum atomic E-state index is 4.63. The molecule has 1 unspecified atom stereocenters. The van der Waals surface area contributed by atoms with Crippen molar-refractivity contribution in [2.24, 2.45) is 4.99 Å². The summed E-state index contributed by atoms with van der Waals surface area (Å²) in [6, 6.07) is 0.703. The van der Waals surface area contributed by atoms with Crippen molar-refractivity contribution in [2.45, 2.75) is 69.6 Å². The third kappa shape index (κ3) is 3.69. The second kappa shape index (κ2) is 6.53. The van der Waals surface area contributed by atoms with Crippen LogP contribution in [-0.2, 0) is 0 Å². The molecule has 0 saturated heterocycles.